The van der Waals surface area contributed by atoms with Gasteiger partial charge in [-0.25, -0.2) is 9.37 Å². The summed E-state index contributed by atoms with van der Waals surface area (Å²) in [5.41, 5.74) is 0.00379. The number of anilines is 2. The van der Waals surface area contributed by atoms with Gasteiger partial charge in [0.15, 0.2) is 0 Å². The zero-order valence-corrected chi connectivity index (χ0v) is 12.3. The fourth-order valence-corrected chi connectivity index (χ4v) is 2.61. The second kappa shape index (κ2) is 5.12. The lowest BCUT2D eigenvalue weighted by atomic mass is 10.1. The van der Waals surface area contributed by atoms with Crippen molar-refractivity contribution in [3.05, 3.63) is 36.2 Å². The van der Waals surface area contributed by atoms with E-state index in [4.69, 9.17) is 11.6 Å². The number of halogens is 5. The first kappa shape index (κ1) is 15.6. The molecular formula is C13H9ClF4N4O. The Morgan fingerprint density at radius 1 is 1.43 bits per heavy atom. The number of carbonyl (C=O) groups is 1. The number of rotatable bonds is 1. The molecule has 1 aliphatic rings. The molecule has 0 bridgehead atoms. The van der Waals surface area contributed by atoms with Crippen LogP contribution < -0.4 is 10.2 Å². The molecule has 0 fully saturated rings. The van der Waals surface area contributed by atoms with Crippen LogP contribution >= 0.6 is 11.6 Å². The quantitative estimate of drug-likeness (QED) is 0.489. The van der Waals surface area contributed by atoms with Crippen LogP contribution in [0, 0.1) is 5.82 Å². The molecule has 0 radical (unpaired) electrons. The molecule has 5 nitrogen and oxygen atoms in total. The molecule has 1 amide bonds. The van der Waals surface area contributed by atoms with Gasteiger partial charge in [-0.1, -0.05) is 11.6 Å². The van der Waals surface area contributed by atoms with Crippen LogP contribution in [0.2, 0.25) is 0 Å². The van der Waals surface area contributed by atoms with Gasteiger partial charge < -0.3 is 10.2 Å². The molecule has 0 saturated heterocycles. The Hall–Kier alpha value is -2.29. The number of fused-ring (bicyclic) bond motifs is 3. The number of aromatic nitrogens is 2. The minimum absolute atomic E-state index is 0.221. The number of nitrogens with zero attached hydrogens (tertiary/aromatic N) is 3. The summed E-state index contributed by atoms with van der Waals surface area (Å²) in [6.45, 7) is 0. The summed E-state index contributed by atoms with van der Waals surface area (Å²) in [6.07, 6.45) is -2.23. The van der Waals surface area contributed by atoms with Crippen LogP contribution in [0.5, 0.6) is 0 Å². The number of amides is 1. The maximum absolute atomic E-state index is 14.1. The summed E-state index contributed by atoms with van der Waals surface area (Å²) in [5.74, 6) is -3.15. The van der Waals surface area contributed by atoms with Crippen LogP contribution in [0.1, 0.15) is 11.2 Å². The van der Waals surface area contributed by atoms with Crippen LogP contribution in [0.4, 0.5) is 28.9 Å². The Kier molecular flexibility index (Phi) is 3.47. The minimum atomic E-state index is -5.10. The zero-order chi connectivity index (χ0) is 16.9. The summed E-state index contributed by atoms with van der Waals surface area (Å²) < 4.78 is 53.3. The van der Waals surface area contributed by atoms with Crippen molar-refractivity contribution >= 4 is 28.9 Å². The molecule has 0 spiro atoms. The number of benzene rings is 1. The normalized spacial score (nSPS) is 16.3. The Labute approximate surface area is 132 Å². The third-order valence-electron chi connectivity index (χ3n) is 3.44. The molecule has 1 aromatic carbocycles. The van der Waals surface area contributed by atoms with E-state index < -0.39 is 29.1 Å². The molecule has 23 heavy (non-hydrogen) atoms. The van der Waals surface area contributed by atoms with E-state index >= 15 is 0 Å². The van der Waals surface area contributed by atoms with E-state index in [2.05, 4.69) is 10.3 Å². The molecule has 122 valence electrons. The van der Waals surface area contributed by atoms with Crippen molar-refractivity contribution in [1.82, 2.24) is 9.55 Å². The van der Waals surface area contributed by atoms with Crippen molar-refractivity contribution in [2.75, 3.05) is 17.3 Å². The van der Waals surface area contributed by atoms with E-state index in [1.807, 2.05) is 0 Å². The smallest absolute Gasteiger partial charge is 0.363 e. The van der Waals surface area contributed by atoms with Crippen LogP contribution in [0.25, 0.3) is 5.69 Å². The highest BCUT2D eigenvalue weighted by Crippen LogP contribution is 2.38. The highest BCUT2D eigenvalue weighted by molar-refractivity contribution is 6.22. The predicted molar refractivity (Wildman–Crippen MR) is 75.2 cm³/mol. The third kappa shape index (κ3) is 2.50. The molecule has 0 aliphatic carbocycles. The van der Waals surface area contributed by atoms with E-state index in [1.165, 1.54) is 17.1 Å². The van der Waals surface area contributed by atoms with E-state index in [-0.39, 0.29) is 10.6 Å². The zero-order valence-electron chi connectivity index (χ0n) is 11.5. The fraction of sp³-hybridized carbons (Fsp3) is 0.231. The number of nitrogens with one attached hydrogen (secondary N) is 1. The largest absolute Gasteiger partial charge is 0.471 e. The van der Waals surface area contributed by atoms with Gasteiger partial charge in [0.2, 0.25) is 0 Å². The topological polar surface area (TPSA) is 50.2 Å². The number of carbonyl (C=O) groups excluding carboxylic acids is 1. The van der Waals surface area contributed by atoms with Gasteiger partial charge in [0, 0.05) is 13.1 Å². The van der Waals surface area contributed by atoms with Crippen LogP contribution in [0.15, 0.2) is 24.7 Å². The van der Waals surface area contributed by atoms with Gasteiger partial charge in [-0.05, 0) is 6.07 Å². The second-order valence-electron chi connectivity index (χ2n) is 4.88. The van der Waals surface area contributed by atoms with Crippen LogP contribution in [-0.4, -0.2) is 28.7 Å². The molecule has 2 aromatic rings. The lowest BCUT2D eigenvalue weighted by Crippen LogP contribution is -2.39. The third-order valence-corrected chi connectivity index (χ3v) is 3.77. The number of hydrogen-bond acceptors (Lipinski definition) is 3. The summed E-state index contributed by atoms with van der Waals surface area (Å²) in [7, 11) is 0.857. The second-order valence-corrected chi connectivity index (χ2v) is 5.31. The van der Waals surface area contributed by atoms with Gasteiger partial charge in [0.1, 0.15) is 11.3 Å². The number of alkyl halides is 4. The Morgan fingerprint density at radius 2 is 2.13 bits per heavy atom. The average Bonchev–Trinajstić information content (AvgIpc) is 2.94. The van der Waals surface area contributed by atoms with Gasteiger partial charge in [-0.3, -0.25) is 9.36 Å². The predicted octanol–water partition coefficient (Wildman–Crippen LogP) is 3.20. The van der Waals surface area contributed by atoms with Gasteiger partial charge >= 0.3 is 12.1 Å². The number of hydrogen-bond donors (Lipinski definition) is 1. The van der Waals surface area contributed by atoms with Crippen LogP contribution in [-0.2, 0) is 4.79 Å². The van der Waals surface area contributed by atoms with E-state index in [1.54, 1.807) is 0 Å². The molecule has 1 aliphatic heterocycles. The Balaban J connectivity index is 2.10. The molecule has 3 rings (SSSR count). The highest BCUT2D eigenvalue weighted by Gasteiger charge is 2.42. The average molecular weight is 349 g/mol. The van der Waals surface area contributed by atoms with Crippen LogP contribution in [0.3, 0.4) is 0 Å². The summed E-state index contributed by atoms with van der Waals surface area (Å²) >= 11 is 6.07. The molecule has 10 heteroatoms. The minimum Gasteiger partial charge on any atom is -0.363 e. The van der Waals surface area contributed by atoms with Gasteiger partial charge in [-0.2, -0.15) is 13.2 Å². The summed E-state index contributed by atoms with van der Waals surface area (Å²) in [4.78, 5) is 15.4. The first-order chi connectivity index (χ1) is 10.7. The van der Waals surface area contributed by atoms with Crippen molar-refractivity contribution in [1.29, 1.82) is 0 Å². The number of imidazole rings is 1. The molecule has 2 heterocycles. The van der Waals surface area contributed by atoms with Crippen molar-refractivity contribution in [3.63, 3.8) is 0 Å². The van der Waals surface area contributed by atoms with E-state index in [0.717, 1.165) is 19.2 Å². The molecule has 1 atom stereocenters. The molecule has 1 N–H and O–H groups in total. The Bertz CT molecular complexity index is 789. The van der Waals surface area contributed by atoms with Crippen molar-refractivity contribution in [3.8, 4) is 5.69 Å². The maximum Gasteiger partial charge on any atom is 0.471 e. The lowest BCUT2D eigenvalue weighted by Gasteiger charge is -2.27. The molecule has 1 unspecified atom stereocenters. The van der Waals surface area contributed by atoms with E-state index in [0.29, 0.717) is 11.4 Å². The maximum atomic E-state index is 14.1. The SMILES string of the molecule is CN(C(=O)C(F)(F)F)c1cc2c(cc1F)NC(Cl)c1cncn1-2. The standard InChI is InChI=1S/C13H9ClF4N4O/c1-21(12(23)13(16,17)18)8-3-9-7(2-6(8)15)20-11(14)10-4-19-5-22(9)10/h2-5,11,20H,1H3. The molecule has 0 saturated carbocycles. The lowest BCUT2D eigenvalue weighted by molar-refractivity contribution is -0.170. The fourth-order valence-electron chi connectivity index (χ4n) is 2.33. The van der Waals surface area contributed by atoms with E-state index in [9.17, 15) is 22.4 Å². The van der Waals surface area contributed by atoms with Crippen molar-refractivity contribution < 1.29 is 22.4 Å². The molecule has 1 aromatic heterocycles. The highest BCUT2D eigenvalue weighted by atomic mass is 35.5. The summed E-state index contributed by atoms with van der Waals surface area (Å²) in [5, 5.41) is 2.81. The van der Waals surface area contributed by atoms with Gasteiger partial charge in [-0.15, -0.1) is 0 Å². The Morgan fingerprint density at radius 3 is 2.78 bits per heavy atom. The van der Waals surface area contributed by atoms with Gasteiger partial charge in [0.25, 0.3) is 0 Å². The first-order valence-corrected chi connectivity index (χ1v) is 6.75. The van der Waals surface area contributed by atoms with Crippen molar-refractivity contribution in [2.45, 2.75) is 11.7 Å². The summed E-state index contributed by atoms with van der Waals surface area (Å²) in [6, 6.07) is 2.12. The monoisotopic (exact) mass is 348 g/mol. The first-order valence-electron chi connectivity index (χ1n) is 6.32. The van der Waals surface area contributed by atoms with Crippen molar-refractivity contribution in [2.24, 2.45) is 0 Å². The molecular weight excluding hydrogens is 340 g/mol. The van der Waals surface area contributed by atoms with Gasteiger partial charge in [0.05, 0.1) is 35.3 Å².